The Hall–Kier alpha value is -0.212. The molecule has 0 saturated carbocycles. The molecule has 203 valence electrons. The van der Waals surface area contributed by atoms with Gasteiger partial charge in [0, 0.05) is 0 Å². The molecule has 0 amide bonds. The summed E-state index contributed by atoms with van der Waals surface area (Å²) in [7, 11) is -0.900. The number of unbranched alkanes of at least 4 members (excludes halogenated alkanes) is 12. The Kier molecular flexibility index (Phi) is 16.8. The number of hydrogen-bond donors (Lipinski definition) is 2. The third-order valence-corrected chi connectivity index (χ3v) is 14.1. The molecule has 2 aromatic rings. The minimum atomic E-state index is -3.55. The van der Waals surface area contributed by atoms with Crippen LogP contribution >= 0.6 is 6.72 Å². The predicted molar refractivity (Wildman–Crippen MR) is 153 cm³/mol. The van der Waals surface area contributed by atoms with Gasteiger partial charge in [-0.15, -0.1) is 0 Å². The molecular formula is C30H48MoO3PS. The second-order valence-corrected chi connectivity index (χ2v) is 16.1. The van der Waals surface area contributed by atoms with Crippen LogP contribution < -0.4 is 0 Å². The molecule has 0 saturated heterocycles. The molecule has 0 bridgehead atoms. The zero-order valence-electron chi connectivity index (χ0n) is 22.5. The van der Waals surface area contributed by atoms with Gasteiger partial charge in [-0.05, 0) is 0 Å². The zero-order chi connectivity index (χ0) is 26.1. The van der Waals surface area contributed by atoms with Gasteiger partial charge >= 0.3 is 184 Å². The SMILES string of the molecule is CCCCCCCCCc1ccc(S(c2ccc(CCCCCCCCC)cc2)=P(O)(O)[O][Mo])cc1. The summed E-state index contributed by atoms with van der Waals surface area (Å²) in [4.78, 5) is 23.5. The van der Waals surface area contributed by atoms with Gasteiger partial charge < -0.3 is 0 Å². The first kappa shape index (κ1) is 32.0. The van der Waals surface area contributed by atoms with Crippen molar-refractivity contribution in [2.24, 2.45) is 0 Å². The van der Waals surface area contributed by atoms with E-state index in [1.807, 2.05) is 0 Å². The maximum absolute atomic E-state index is 10.8. The molecule has 0 aliphatic rings. The van der Waals surface area contributed by atoms with E-state index in [-0.39, 0.29) is 0 Å². The fourth-order valence-electron chi connectivity index (χ4n) is 4.58. The van der Waals surface area contributed by atoms with E-state index < -0.39 is 16.8 Å². The van der Waals surface area contributed by atoms with Gasteiger partial charge in [-0.3, -0.25) is 0 Å². The third kappa shape index (κ3) is 12.1. The Morgan fingerprint density at radius 3 is 1.25 bits per heavy atom. The summed E-state index contributed by atoms with van der Waals surface area (Å²) in [6.07, 6.45) is 20.5. The Balaban J connectivity index is 1.96. The van der Waals surface area contributed by atoms with E-state index in [9.17, 15) is 9.79 Å². The van der Waals surface area contributed by atoms with E-state index in [1.54, 1.807) is 0 Å². The van der Waals surface area contributed by atoms with Gasteiger partial charge in [0.25, 0.3) is 0 Å². The summed E-state index contributed by atoms with van der Waals surface area (Å²) in [6, 6.07) is 16.9. The molecule has 0 aliphatic carbocycles. The van der Waals surface area contributed by atoms with Crippen molar-refractivity contribution in [3.8, 4) is 0 Å². The molecule has 36 heavy (non-hydrogen) atoms. The van der Waals surface area contributed by atoms with Crippen LogP contribution in [0.4, 0.5) is 0 Å². The van der Waals surface area contributed by atoms with Crippen molar-refractivity contribution >= 4 is 16.8 Å². The van der Waals surface area contributed by atoms with Crippen LogP contribution in [0, 0.1) is 0 Å². The molecule has 0 aromatic heterocycles. The zero-order valence-corrected chi connectivity index (χ0v) is 26.2. The van der Waals surface area contributed by atoms with Crippen LogP contribution in [-0.4, -0.2) is 9.79 Å². The van der Waals surface area contributed by atoms with Crippen molar-refractivity contribution in [2.45, 2.75) is 126 Å². The molecule has 0 aliphatic heterocycles. The van der Waals surface area contributed by atoms with Gasteiger partial charge in [0.05, 0.1) is 0 Å². The number of aryl methyl sites for hydroxylation is 2. The predicted octanol–water partition coefficient (Wildman–Crippen LogP) is 9.45. The summed E-state index contributed by atoms with van der Waals surface area (Å²) in [5.41, 5.74) is 2.64. The van der Waals surface area contributed by atoms with Gasteiger partial charge in [-0.2, -0.15) is 0 Å². The molecular weight excluding hydrogens is 567 g/mol. The van der Waals surface area contributed by atoms with Gasteiger partial charge in [-0.1, -0.05) is 52.4 Å². The quantitative estimate of drug-likeness (QED) is 0.0941. The molecule has 3 nitrogen and oxygen atoms in total. The van der Waals surface area contributed by atoms with Crippen LogP contribution in [-0.2, 0) is 46.3 Å². The molecule has 0 atom stereocenters. The Bertz CT molecular complexity index is 830. The number of rotatable bonds is 19. The molecule has 2 aromatic carbocycles. The van der Waals surface area contributed by atoms with Crippen molar-refractivity contribution in [1.29, 1.82) is 0 Å². The van der Waals surface area contributed by atoms with Crippen molar-refractivity contribution in [3.63, 3.8) is 0 Å². The van der Waals surface area contributed by atoms with Crippen LogP contribution in [0.5, 0.6) is 0 Å². The summed E-state index contributed by atoms with van der Waals surface area (Å²) < 4.78 is 5.25. The summed E-state index contributed by atoms with van der Waals surface area (Å²) in [5, 5.41) is 0. The van der Waals surface area contributed by atoms with E-state index in [4.69, 9.17) is 3.18 Å². The van der Waals surface area contributed by atoms with Gasteiger partial charge in [0.2, 0.25) is 0 Å². The third-order valence-electron chi connectivity index (χ3n) is 6.77. The molecule has 0 heterocycles. The van der Waals surface area contributed by atoms with E-state index in [1.165, 1.54) is 121 Å². The van der Waals surface area contributed by atoms with Crippen molar-refractivity contribution in [1.82, 2.24) is 0 Å². The number of hydrogen-bond acceptors (Lipinski definition) is 1. The molecule has 0 radical (unpaired) electrons. The van der Waals surface area contributed by atoms with Crippen molar-refractivity contribution in [2.75, 3.05) is 0 Å². The van der Waals surface area contributed by atoms with Crippen LogP contribution in [0.2, 0.25) is 0 Å². The fraction of sp³-hybridized carbons (Fsp3) is 0.600. The molecule has 0 spiro atoms. The average molecular weight is 616 g/mol. The van der Waals surface area contributed by atoms with Crippen molar-refractivity contribution < 1.29 is 33.2 Å². The Morgan fingerprint density at radius 2 is 0.917 bits per heavy atom. The summed E-state index contributed by atoms with van der Waals surface area (Å²) in [5.74, 6) is 0. The number of benzene rings is 2. The monoisotopic (exact) mass is 617 g/mol. The van der Waals surface area contributed by atoms with Crippen LogP contribution in [0.3, 0.4) is 0 Å². The Morgan fingerprint density at radius 1 is 0.583 bits per heavy atom. The molecule has 6 heteroatoms. The first-order chi connectivity index (χ1) is 17.5. The Labute approximate surface area is 235 Å². The molecule has 0 unspecified atom stereocenters. The standard InChI is InChI=1S/C30H48O3PS.Mo/c1-3-5-7-9-11-13-15-17-27-19-23-29(24-20-27)35(34(31,32)33)30-25-21-28(22-26-30)18-16-14-12-10-8-6-4-2;/h19-26H,3-18H2,1-2H3,(H2-,31,32,33);/q-1;+1. The van der Waals surface area contributed by atoms with E-state index >= 15 is 0 Å². The van der Waals surface area contributed by atoms with E-state index in [2.05, 4.69) is 62.4 Å². The normalized spacial score (nSPS) is 11.9. The summed E-state index contributed by atoms with van der Waals surface area (Å²) in [6.45, 7) is 0.962. The molecule has 2 rings (SSSR count). The fourth-order valence-corrected chi connectivity index (χ4v) is 10.2. The van der Waals surface area contributed by atoms with E-state index in [0.29, 0.717) is 0 Å². The topological polar surface area (TPSA) is 49.7 Å². The molecule has 0 fully saturated rings. The van der Waals surface area contributed by atoms with Crippen LogP contribution in [0.15, 0.2) is 58.3 Å². The first-order valence-corrected chi connectivity index (χ1v) is 18.4. The van der Waals surface area contributed by atoms with Gasteiger partial charge in [0.1, 0.15) is 0 Å². The summed E-state index contributed by atoms with van der Waals surface area (Å²) >= 11 is 1.32. The van der Waals surface area contributed by atoms with E-state index in [0.717, 1.165) is 22.6 Å². The average Bonchev–Trinajstić information content (AvgIpc) is 2.89. The second kappa shape index (κ2) is 18.9. The first-order valence-electron chi connectivity index (χ1n) is 14.1. The second-order valence-electron chi connectivity index (χ2n) is 9.88. The molecule has 2 N–H and O–H groups in total. The van der Waals surface area contributed by atoms with Crippen molar-refractivity contribution in [3.05, 3.63) is 59.7 Å². The van der Waals surface area contributed by atoms with Crippen LogP contribution in [0.25, 0.3) is 0 Å². The minimum absolute atomic E-state index is 0.900. The van der Waals surface area contributed by atoms with Gasteiger partial charge in [0.15, 0.2) is 0 Å². The van der Waals surface area contributed by atoms with Gasteiger partial charge in [-0.25, -0.2) is 0 Å². The maximum atomic E-state index is 10.8. The van der Waals surface area contributed by atoms with Crippen LogP contribution in [0.1, 0.15) is 115 Å².